The second-order valence-corrected chi connectivity index (χ2v) is 6.97. The number of hydrogen-bond donors (Lipinski definition) is 1. The zero-order valence-electron chi connectivity index (χ0n) is 13.6. The van der Waals surface area contributed by atoms with Crippen molar-refractivity contribution in [1.29, 1.82) is 0 Å². The van der Waals surface area contributed by atoms with Crippen LogP contribution < -0.4 is 5.32 Å². The van der Waals surface area contributed by atoms with Gasteiger partial charge in [0.2, 0.25) is 0 Å². The van der Waals surface area contributed by atoms with E-state index in [4.69, 9.17) is 0 Å². The molecule has 2 heteroatoms. The van der Waals surface area contributed by atoms with Crippen LogP contribution in [0.3, 0.4) is 0 Å². The van der Waals surface area contributed by atoms with Gasteiger partial charge in [0.05, 0.1) is 0 Å². The molecule has 0 saturated carbocycles. The van der Waals surface area contributed by atoms with E-state index in [9.17, 15) is 0 Å². The van der Waals surface area contributed by atoms with Crippen LogP contribution in [0.1, 0.15) is 51.7 Å². The Bertz CT molecular complexity index is 423. The number of hydrogen-bond acceptors (Lipinski definition) is 2. The van der Waals surface area contributed by atoms with Crippen LogP contribution in [0.4, 0.5) is 0 Å². The molecule has 0 spiro atoms. The summed E-state index contributed by atoms with van der Waals surface area (Å²) in [5, 5.41) is 3.52. The Morgan fingerprint density at radius 1 is 1.20 bits per heavy atom. The molecule has 2 nitrogen and oxygen atoms in total. The lowest BCUT2D eigenvalue weighted by atomic mass is 9.99. The highest BCUT2D eigenvalue weighted by Gasteiger charge is 2.31. The van der Waals surface area contributed by atoms with Gasteiger partial charge in [-0.1, -0.05) is 38.1 Å². The molecule has 1 aromatic rings. The minimum absolute atomic E-state index is 0.364. The van der Waals surface area contributed by atoms with Crippen molar-refractivity contribution in [1.82, 2.24) is 10.2 Å². The fourth-order valence-corrected chi connectivity index (χ4v) is 3.11. The molecule has 2 rings (SSSR count). The Morgan fingerprint density at radius 3 is 2.50 bits per heavy atom. The second-order valence-electron chi connectivity index (χ2n) is 6.97. The van der Waals surface area contributed by atoms with Crippen molar-refractivity contribution >= 4 is 0 Å². The van der Waals surface area contributed by atoms with Crippen molar-refractivity contribution in [3.63, 3.8) is 0 Å². The number of benzene rings is 1. The third-order valence-electron chi connectivity index (χ3n) is 4.50. The van der Waals surface area contributed by atoms with E-state index in [0.717, 1.165) is 19.5 Å². The number of likely N-dealkylation sites (tertiary alicyclic amines) is 1. The summed E-state index contributed by atoms with van der Waals surface area (Å²) in [6.07, 6.45) is 3.79. The van der Waals surface area contributed by atoms with E-state index in [1.165, 1.54) is 30.5 Å². The van der Waals surface area contributed by atoms with Crippen LogP contribution in [0, 0.1) is 0 Å². The van der Waals surface area contributed by atoms with Gasteiger partial charge in [-0.25, -0.2) is 0 Å². The van der Waals surface area contributed by atoms with Crippen LogP contribution in [0.2, 0.25) is 0 Å². The van der Waals surface area contributed by atoms with Crippen molar-refractivity contribution in [3.8, 4) is 0 Å². The highest BCUT2D eigenvalue weighted by molar-refractivity contribution is 5.27. The number of nitrogens with zero attached hydrogens (tertiary/aromatic N) is 1. The summed E-state index contributed by atoms with van der Waals surface area (Å²) < 4.78 is 0. The molecule has 20 heavy (non-hydrogen) atoms. The van der Waals surface area contributed by atoms with Crippen LogP contribution in [0.15, 0.2) is 24.3 Å². The van der Waals surface area contributed by atoms with E-state index in [1.54, 1.807) is 0 Å². The largest absolute Gasteiger partial charge is 0.314 e. The molecule has 0 bridgehead atoms. The Morgan fingerprint density at radius 2 is 1.90 bits per heavy atom. The van der Waals surface area contributed by atoms with Crippen LogP contribution in [0.5, 0.6) is 0 Å². The van der Waals surface area contributed by atoms with Gasteiger partial charge in [-0.3, -0.25) is 4.90 Å². The van der Waals surface area contributed by atoms with Gasteiger partial charge >= 0.3 is 0 Å². The zero-order chi connectivity index (χ0) is 14.6. The fourth-order valence-electron chi connectivity index (χ4n) is 3.11. The molecule has 0 atom stereocenters. The van der Waals surface area contributed by atoms with Crippen molar-refractivity contribution in [2.24, 2.45) is 0 Å². The molecule has 112 valence electrons. The molecule has 1 aliphatic rings. The molecule has 1 N–H and O–H groups in total. The quantitative estimate of drug-likeness (QED) is 0.852. The minimum atomic E-state index is 0.364. The van der Waals surface area contributed by atoms with E-state index in [1.807, 2.05) is 0 Å². The van der Waals surface area contributed by atoms with Crippen LogP contribution in [-0.2, 0) is 13.0 Å². The predicted octanol–water partition coefficient (Wildman–Crippen LogP) is 3.60. The Kier molecular flexibility index (Phi) is 5.22. The van der Waals surface area contributed by atoms with E-state index in [2.05, 4.69) is 62.2 Å². The van der Waals surface area contributed by atoms with Gasteiger partial charge in [0, 0.05) is 18.1 Å². The first kappa shape index (κ1) is 15.5. The zero-order valence-corrected chi connectivity index (χ0v) is 13.6. The molecule has 1 saturated heterocycles. The number of rotatable bonds is 6. The van der Waals surface area contributed by atoms with E-state index in [-0.39, 0.29) is 0 Å². The van der Waals surface area contributed by atoms with Crippen molar-refractivity contribution in [2.45, 2.75) is 65.1 Å². The number of nitrogens with one attached hydrogen (secondary N) is 1. The molecule has 1 heterocycles. The van der Waals surface area contributed by atoms with Crippen LogP contribution in [0.25, 0.3) is 0 Å². The molecule has 0 aromatic heterocycles. The molecule has 1 aromatic carbocycles. The van der Waals surface area contributed by atoms with E-state index < -0.39 is 0 Å². The Hall–Kier alpha value is -0.860. The van der Waals surface area contributed by atoms with Crippen molar-refractivity contribution < 1.29 is 0 Å². The lowest BCUT2D eigenvalue weighted by Gasteiger charge is -2.32. The summed E-state index contributed by atoms with van der Waals surface area (Å²) in [7, 11) is 0. The topological polar surface area (TPSA) is 15.3 Å². The SMILES string of the molecule is CC(C)NCCc1ccccc1CN1CCCC1(C)C. The summed E-state index contributed by atoms with van der Waals surface area (Å²) in [5.74, 6) is 0. The first-order valence-corrected chi connectivity index (χ1v) is 8.04. The maximum Gasteiger partial charge on any atom is 0.0241 e. The third-order valence-corrected chi connectivity index (χ3v) is 4.50. The average Bonchev–Trinajstić information content (AvgIpc) is 2.70. The van der Waals surface area contributed by atoms with E-state index >= 15 is 0 Å². The predicted molar refractivity (Wildman–Crippen MR) is 87.0 cm³/mol. The first-order chi connectivity index (χ1) is 9.49. The summed E-state index contributed by atoms with van der Waals surface area (Å²) >= 11 is 0. The lowest BCUT2D eigenvalue weighted by molar-refractivity contribution is 0.166. The second kappa shape index (κ2) is 6.73. The highest BCUT2D eigenvalue weighted by atomic mass is 15.2. The van der Waals surface area contributed by atoms with Gasteiger partial charge in [-0.2, -0.15) is 0 Å². The summed E-state index contributed by atoms with van der Waals surface area (Å²) in [6, 6.07) is 9.51. The van der Waals surface area contributed by atoms with Gasteiger partial charge in [0.1, 0.15) is 0 Å². The van der Waals surface area contributed by atoms with Gasteiger partial charge in [-0.15, -0.1) is 0 Å². The van der Waals surface area contributed by atoms with Gasteiger partial charge in [0.25, 0.3) is 0 Å². The van der Waals surface area contributed by atoms with Crippen LogP contribution in [-0.4, -0.2) is 29.6 Å². The standard InChI is InChI=1S/C18H30N2/c1-15(2)19-12-10-16-8-5-6-9-17(16)14-20-13-7-11-18(20,3)4/h5-6,8-9,15,19H,7,10-14H2,1-4H3. The molecule has 0 unspecified atom stereocenters. The smallest absolute Gasteiger partial charge is 0.0241 e. The van der Waals surface area contributed by atoms with Gasteiger partial charge in [0.15, 0.2) is 0 Å². The normalized spacial score (nSPS) is 18.9. The molecule has 0 radical (unpaired) electrons. The molecule has 0 amide bonds. The van der Waals surface area contributed by atoms with Crippen molar-refractivity contribution in [3.05, 3.63) is 35.4 Å². The monoisotopic (exact) mass is 274 g/mol. The third kappa shape index (κ3) is 4.07. The summed E-state index contributed by atoms with van der Waals surface area (Å²) in [5.41, 5.74) is 3.37. The highest BCUT2D eigenvalue weighted by Crippen LogP contribution is 2.30. The average molecular weight is 274 g/mol. The Labute approximate surface area is 124 Å². The first-order valence-electron chi connectivity index (χ1n) is 8.04. The fraction of sp³-hybridized carbons (Fsp3) is 0.667. The minimum Gasteiger partial charge on any atom is -0.314 e. The molecule has 0 aliphatic carbocycles. The van der Waals surface area contributed by atoms with E-state index in [0.29, 0.717) is 11.6 Å². The maximum atomic E-state index is 3.52. The lowest BCUT2D eigenvalue weighted by Crippen LogP contribution is -2.37. The summed E-state index contributed by atoms with van der Waals surface area (Å²) in [6.45, 7) is 12.6. The van der Waals surface area contributed by atoms with Gasteiger partial charge in [-0.05, 0) is 57.3 Å². The molecular weight excluding hydrogens is 244 g/mol. The molecular formula is C18H30N2. The van der Waals surface area contributed by atoms with Gasteiger partial charge < -0.3 is 5.32 Å². The Balaban J connectivity index is 2.00. The van der Waals surface area contributed by atoms with Crippen molar-refractivity contribution in [2.75, 3.05) is 13.1 Å². The van der Waals surface area contributed by atoms with Crippen LogP contribution >= 0.6 is 0 Å². The maximum absolute atomic E-state index is 3.52. The summed E-state index contributed by atoms with van der Waals surface area (Å²) in [4.78, 5) is 2.64. The molecule has 1 fully saturated rings. The molecule has 1 aliphatic heterocycles.